The number of rotatable bonds is 5. The van der Waals surface area contributed by atoms with Crippen LogP contribution in [0.3, 0.4) is 0 Å². The third kappa shape index (κ3) is 2.38. The zero-order valence-electron chi connectivity index (χ0n) is 11.7. The molecule has 112 valence electrons. The maximum atomic E-state index is 13.0. The number of aliphatic hydroxyl groups excluding tert-OH is 2. The molecule has 1 aromatic carbocycles. The van der Waals surface area contributed by atoms with E-state index in [1.54, 1.807) is 37.3 Å². The van der Waals surface area contributed by atoms with E-state index in [-0.39, 0.29) is 11.5 Å². The van der Waals surface area contributed by atoms with Crippen LogP contribution in [0.25, 0.3) is 0 Å². The molecule has 0 unspecified atom stereocenters. The van der Waals surface area contributed by atoms with Crippen molar-refractivity contribution in [1.29, 1.82) is 0 Å². The van der Waals surface area contributed by atoms with E-state index in [0.717, 1.165) is 12.8 Å². The topological polar surface area (TPSA) is 74.6 Å². The smallest absolute Gasteiger partial charge is 0.186 e. The molecule has 5 heteroatoms. The minimum absolute atomic E-state index is 0.215. The summed E-state index contributed by atoms with van der Waals surface area (Å²) >= 11 is 0. The lowest BCUT2D eigenvalue weighted by atomic mass is 9.90. The van der Waals surface area contributed by atoms with Gasteiger partial charge < -0.3 is 10.2 Å². The van der Waals surface area contributed by atoms with Gasteiger partial charge in [-0.2, -0.15) is 0 Å². The minimum atomic E-state index is -3.62. The first-order chi connectivity index (χ1) is 9.45. The van der Waals surface area contributed by atoms with E-state index in [0.29, 0.717) is 12.8 Å². The molecule has 1 fully saturated rings. The van der Waals surface area contributed by atoms with E-state index in [1.807, 2.05) is 0 Å². The molecular weight excluding hydrogens is 276 g/mol. The zero-order chi connectivity index (χ0) is 14.8. The van der Waals surface area contributed by atoms with Crippen molar-refractivity contribution in [3.63, 3.8) is 0 Å². The summed E-state index contributed by atoms with van der Waals surface area (Å²) in [6.07, 6.45) is 1.45. The lowest BCUT2D eigenvalue weighted by Gasteiger charge is -2.36. The Labute approximate surface area is 120 Å². The van der Waals surface area contributed by atoms with Gasteiger partial charge in [0.1, 0.15) is 4.75 Å². The fraction of sp³-hybridized carbons (Fsp3) is 0.600. The van der Waals surface area contributed by atoms with Crippen molar-refractivity contribution in [1.82, 2.24) is 0 Å². The van der Waals surface area contributed by atoms with Crippen molar-refractivity contribution in [3.05, 3.63) is 30.3 Å². The molecule has 0 aliphatic heterocycles. The van der Waals surface area contributed by atoms with Crippen molar-refractivity contribution in [2.75, 3.05) is 6.61 Å². The zero-order valence-corrected chi connectivity index (χ0v) is 12.5. The third-order valence-corrected chi connectivity index (χ3v) is 7.02. The van der Waals surface area contributed by atoms with Crippen LogP contribution in [0.4, 0.5) is 0 Å². The second-order valence-electron chi connectivity index (χ2n) is 5.69. The highest BCUT2D eigenvalue weighted by Crippen LogP contribution is 2.44. The van der Waals surface area contributed by atoms with Crippen molar-refractivity contribution in [3.8, 4) is 0 Å². The third-order valence-electron chi connectivity index (χ3n) is 4.40. The van der Waals surface area contributed by atoms with Gasteiger partial charge in [-0.25, -0.2) is 8.42 Å². The average molecular weight is 298 g/mol. The number of hydrogen-bond acceptors (Lipinski definition) is 4. The molecule has 0 radical (unpaired) electrons. The standard InChI is InChI=1S/C15H22O4S/c1-12(11-16)14(17)15(9-5-6-10-15)20(18,19)13-7-3-2-4-8-13/h2-4,7-8,12,14,16-17H,5-6,9-11H2,1H3/t12-,14-/m0/s1. The number of aliphatic hydroxyl groups is 2. The first kappa shape index (κ1) is 15.5. The fourth-order valence-electron chi connectivity index (χ4n) is 3.15. The van der Waals surface area contributed by atoms with Gasteiger partial charge in [-0.3, -0.25) is 0 Å². The van der Waals surface area contributed by atoms with Crippen LogP contribution in [0.1, 0.15) is 32.6 Å². The summed E-state index contributed by atoms with van der Waals surface area (Å²) in [5.74, 6) is -0.452. The van der Waals surface area contributed by atoms with Gasteiger partial charge in [-0.05, 0) is 25.0 Å². The van der Waals surface area contributed by atoms with Crippen molar-refractivity contribution < 1.29 is 18.6 Å². The molecule has 2 N–H and O–H groups in total. The van der Waals surface area contributed by atoms with Crippen LogP contribution in [-0.4, -0.2) is 36.1 Å². The SMILES string of the molecule is C[C@@H](CO)[C@H](O)C1(S(=O)(=O)c2ccccc2)CCCC1. The lowest BCUT2D eigenvalue weighted by molar-refractivity contribution is 0.0436. The normalized spacial score (nSPS) is 21.6. The quantitative estimate of drug-likeness (QED) is 0.868. The Bertz CT molecular complexity index is 532. The Morgan fingerprint density at radius 1 is 1.20 bits per heavy atom. The number of hydrogen-bond donors (Lipinski definition) is 2. The van der Waals surface area contributed by atoms with Crippen LogP contribution < -0.4 is 0 Å². The predicted molar refractivity (Wildman–Crippen MR) is 77.1 cm³/mol. The molecule has 1 aliphatic rings. The molecule has 20 heavy (non-hydrogen) atoms. The lowest BCUT2D eigenvalue weighted by Crippen LogP contribution is -2.50. The van der Waals surface area contributed by atoms with Gasteiger partial charge >= 0.3 is 0 Å². The van der Waals surface area contributed by atoms with Gasteiger partial charge in [0.25, 0.3) is 0 Å². The Morgan fingerprint density at radius 2 is 1.75 bits per heavy atom. The van der Waals surface area contributed by atoms with Gasteiger partial charge in [0.15, 0.2) is 9.84 Å². The average Bonchev–Trinajstić information content (AvgIpc) is 2.97. The molecule has 0 bridgehead atoms. The molecule has 2 rings (SSSR count). The Balaban J connectivity index is 2.48. The van der Waals surface area contributed by atoms with Crippen LogP contribution in [-0.2, 0) is 9.84 Å². The highest BCUT2D eigenvalue weighted by molar-refractivity contribution is 7.93. The molecule has 0 saturated heterocycles. The van der Waals surface area contributed by atoms with Gasteiger partial charge in [0.05, 0.1) is 11.0 Å². The number of benzene rings is 1. The summed E-state index contributed by atoms with van der Waals surface area (Å²) in [5.41, 5.74) is 0. The molecule has 0 spiro atoms. The van der Waals surface area contributed by atoms with Gasteiger partial charge in [-0.1, -0.05) is 38.0 Å². The van der Waals surface area contributed by atoms with Gasteiger partial charge in [0, 0.05) is 12.5 Å². The monoisotopic (exact) mass is 298 g/mol. The minimum Gasteiger partial charge on any atom is -0.396 e. The van der Waals surface area contributed by atoms with Crippen molar-refractivity contribution in [2.45, 2.75) is 48.4 Å². The van der Waals surface area contributed by atoms with E-state index in [4.69, 9.17) is 0 Å². The maximum absolute atomic E-state index is 13.0. The summed E-state index contributed by atoms with van der Waals surface area (Å²) in [7, 11) is -3.62. The first-order valence-electron chi connectivity index (χ1n) is 7.04. The van der Waals surface area contributed by atoms with Gasteiger partial charge in [0.2, 0.25) is 0 Å². The molecule has 0 aromatic heterocycles. The molecule has 0 heterocycles. The van der Waals surface area contributed by atoms with E-state index in [1.165, 1.54) is 0 Å². The largest absolute Gasteiger partial charge is 0.396 e. The van der Waals surface area contributed by atoms with Crippen LogP contribution in [0.2, 0.25) is 0 Å². The summed E-state index contributed by atoms with van der Waals surface area (Å²) in [4.78, 5) is 0.256. The Morgan fingerprint density at radius 3 is 2.25 bits per heavy atom. The summed E-state index contributed by atoms with van der Waals surface area (Å²) in [5, 5.41) is 19.8. The van der Waals surface area contributed by atoms with Crippen molar-refractivity contribution >= 4 is 9.84 Å². The molecule has 4 nitrogen and oxygen atoms in total. The summed E-state index contributed by atoms with van der Waals surface area (Å²) < 4.78 is 24.8. The van der Waals surface area contributed by atoms with E-state index in [2.05, 4.69) is 0 Å². The molecule has 0 amide bonds. The van der Waals surface area contributed by atoms with E-state index >= 15 is 0 Å². The van der Waals surface area contributed by atoms with Crippen LogP contribution in [0, 0.1) is 5.92 Å². The second kappa shape index (κ2) is 5.84. The Kier molecular flexibility index (Phi) is 4.52. The molecule has 1 saturated carbocycles. The van der Waals surface area contributed by atoms with Crippen LogP contribution >= 0.6 is 0 Å². The van der Waals surface area contributed by atoms with Crippen LogP contribution in [0.5, 0.6) is 0 Å². The summed E-state index contributed by atoms with van der Waals surface area (Å²) in [6, 6.07) is 8.30. The van der Waals surface area contributed by atoms with Gasteiger partial charge in [-0.15, -0.1) is 0 Å². The Hall–Kier alpha value is -0.910. The fourth-order valence-corrected chi connectivity index (χ4v) is 5.51. The van der Waals surface area contributed by atoms with Crippen molar-refractivity contribution in [2.24, 2.45) is 5.92 Å². The number of sulfone groups is 1. The molecule has 2 atom stereocenters. The van der Waals surface area contributed by atoms with E-state index < -0.39 is 26.6 Å². The predicted octanol–water partition coefficient (Wildman–Crippen LogP) is 1.76. The van der Waals surface area contributed by atoms with Crippen LogP contribution in [0.15, 0.2) is 35.2 Å². The highest BCUT2D eigenvalue weighted by Gasteiger charge is 2.53. The van der Waals surface area contributed by atoms with E-state index in [9.17, 15) is 18.6 Å². The molecule has 1 aromatic rings. The maximum Gasteiger partial charge on any atom is 0.186 e. The summed E-state index contributed by atoms with van der Waals surface area (Å²) in [6.45, 7) is 1.47. The highest BCUT2D eigenvalue weighted by atomic mass is 32.2. The molecular formula is C15H22O4S. The first-order valence-corrected chi connectivity index (χ1v) is 8.52. The second-order valence-corrected chi connectivity index (χ2v) is 7.98. The molecule has 1 aliphatic carbocycles.